The molecule has 26 heavy (non-hydrogen) atoms. The second kappa shape index (κ2) is 7.02. The Bertz CT molecular complexity index is 1010. The van der Waals surface area contributed by atoms with Crippen molar-refractivity contribution in [1.82, 2.24) is 5.32 Å². The summed E-state index contributed by atoms with van der Waals surface area (Å²) in [6.07, 6.45) is -0.0953. The van der Waals surface area contributed by atoms with Crippen LogP contribution in [0.1, 0.15) is 11.1 Å². The first-order valence-electron chi connectivity index (χ1n) is 8.42. The molecular formula is C20H18ClNO4. The Morgan fingerprint density at radius 1 is 1.19 bits per heavy atom. The largest absolute Gasteiger partial charge is 0.486 e. The van der Waals surface area contributed by atoms with E-state index in [0.29, 0.717) is 30.3 Å². The maximum absolute atomic E-state index is 11.8. The van der Waals surface area contributed by atoms with Crippen molar-refractivity contribution in [3.05, 3.63) is 69.0 Å². The molecule has 134 valence electrons. The number of para-hydroxylation sites is 2. The third kappa shape index (κ3) is 3.41. The van der Waals surface area contributed by atoms with Crippen molar-refractivity contribution < 1.29 is 13.9 Å². The topological polar surface area (TPSA) is 60.7 Å². The van der Waals surface area contributed by atoms with E-state index in [-0.39, 0.29) is 11.7 Å². The smallest absolute Gasteiger partial charge is 0.336 e. The molecule has 1 N–H and O–H groups in total. The van der Waals surface area contributed by atoms with Gasteiger partial charge >= 0.3 is 5.63 Å². The van der Waals surface area contributed by atoms with Crippen LogP contribution in [-0.4, -0.2) is 19.3 Å². The van der Waals surface area contributed by atoms with Crippen molar-refractivity contribution in [2.24, 2.45) is 0 Å². The van der Waals surface area contributed by atoms with Gasteiger partial charge in [-0.05, 0) is 42.3 Å². The number of nitrogens with one attached hydrogen (secondary N) is 1. The molecule has 0 bridgehead atoms. The third-order valence-electron chi connectivity index (χ3n) is 4.36. The average Bonchev–Trinajstić information content (AvgIpc) is 2.63. The molecule has 1 aliphatic rings. The molecular weight excluding hydrogens is 354 g/mol. The third-order valence-corrected chi connectivity index (χ3v) is 4.77. The van der Waals surface area contributed by atoms with Crippen LogP contribution in [-0.2, 0) is 6.54 Å². The number of halogens is 1. The fourth-order valence-corrected chi connectivity index (χ4v) is 3.19. The molecule has 3 aromatic rings. The number of rotatable bonds is 4. The van der Waals surface area contributed by atoms with Gasteiger partial charge in [-0.15, -0.1) is 0 Å². The van der Waals surface area contributed by atoms with E-state index in [0.717, 1.165) is 28.0 Å². The zero-order valence-electron chi connectivity index (χ0n) is 14.3. The number of ether oxygens (including phenoxy) is 2. The maximum atomic E-state index is 11.8. The van der Waals surface area contributed by atoms with E-state index >= 15 is 0 Å². The van der Waals surface area contributed by atoms with Crippen molar-refractivity contribution in [3.63, 3.8) is 0 Å². The fraction of sp³-hybridized carbons (Fsp3) is 0.250. The van der Waals surface area contributed by atoms with E-state index < -0.39 is 0 Å². The highest BCUT2D eigenvalue weighted by Gasteiger charge is 2.20. The summed E-state index contributed by atoms with van der Waals surface area (Å²) < 4.78 is 16.9. The Morgan fingerprint density at radius 2 is 2.00 bits per heavy atom. The molecule has 2 heterocycles. The molecule has 0 unspecified atom stereocenters. The summed E-state index contributed by atoms with van der Waals surface area (Å²) in [6, 6.07) is 12.7. The zero-order chi connectivity index (χ0) is 18.1. The standard InChI is InChI=1S/C20H18ClNO4/c1-12-6-19-15(8-16(12)21)13(7-20(23)26-19)9-22-10-14-11-24-17-4-2-3-5-18(17)25-14/h2-8,14,22H,9-11H2,1H3/t14-/m1/s1. The SMILES string of the molecule is Cc1cc2oc(=O)cc(CNC[C@@H]3COc4ccccc4O3)c2cc1Cl. The van der Waals surface area contributed by atoms with Crippen LogP contribution in [0.25, 0.3) is 11.0 Å². The van der Waals surface area contributed by atoms with Gasteiger partial charge in [-0.2, -0.15) is 0 Å². The summed E-state index contributed by atoms with van der Waals surface area (Å²) in [5, 5.41) is 4.81. The number of fused-ring (bicyclic) bond motifs is 2. The Balaban J connectivity index is 1.47. The summed E-state index contributed by atoms with van der Waals surface area (Å²) in [7, 11) is 0. The molecule has 6 heteroatoms. The summed E-state index contributed by atoms with van der Waals surface area (Å²) in [4.78, 5) is 11.8. The molecule has 1 atom stereocenters. The molecule has 1 aliphatic heterocycles. The molecule has 0 saturated carbocycles. The van der Waals surface area contributed by atoms with Gasteiger partial charge in [0.2, 0.25) is 0 Å². The van der Waals surface area contributed by atoms with E-state index in [9.17, 15) is 4.79 Å². The van der Waals surface area contributed by atoms with Gasteiger partial charge in [0.15, 0.2) is 11.5 Å². The van der Waals surface area contributed by atoms with E-state index in [4.69, 9.17) is 25.5 Å². The van der Waals surface area contributed by atoms with Gasteiger partial charge in [0.05, 0.1) is 0 Å². The van der Waals surface area contributed by atoms with Crippen LogP contribution >= 0.6 is 11.6 Å². The van der Waals surface area contributed by atoms with Gasteiger partial charge in [-0.25, -0.2) is 4.79 Å². The van der Waals surface area contributed by atoms with Gasteiger partial charge < -0.3 is 19.2 Å². The van der Waals surface area contributed by atoms with E-state index in [1.165, 1.54) is 6.07 Å². The molecule has 2 aromatic carbocycles. The minimum absolute atomic E-state index is 0.0953. The lowest BCUT2D eigenvalue weighted by molar-refractivity contribution is 0.0902. The average molecular weight is 372 g/mol. The molecule has 0 saturated heterocycles. The van der Waals surface area contributed by atoms with E-state index in [1.807, 2.05) is 37.3 Å². The van der Waals surface area contributed by atoms with Crippen LogP contribution < -0.4 is 20.4 Å². The minimum atomic E-state index is -0.373. The monoisotopic (exact) mass is 371 g/mol. The van der Waals surface area contributed by atoms with Crippen LogP contribution in [0, 0.1) is 6.92 Å². The van der Waals surface area contributed by atoms with Gasteiger partial charge in [0.1, 0.15) is 18.3 Å². The fourth-order valence-electron chi connectivity index (χ4n) is 3.03. The second-order valence-electron chi connectivity index (χ2n) is 6.32. The lowest BCUT2D eigenvalue weighted by atomic mass is 10.1. The van der Waals surface area contributed by atoms with E-state index in [2.05, 4.69) is 5.32 Å². The van der Waals surface area contributed by atoms with Gasteiger partial charge in [-0.3, -0.25) is 0 Å². The molecule has 0 spiro atoms. The number of aryl methyl sites for hydroxylation is 1. The summed E-state index contributed by atoms with van der Waals surface area (Å²) in [5.41, 5.74) is 1.89. The quantitative estimate of drug-likeness (QED) is 0.709. The number of benzene rings is 2. The number of hydrogen-bond acceptors (Lipinski definition) is 5. The highest BCUT2D eigenvalue weighted by Crippen LogP contribution is 2.30. The molecule has 5 nitrogen and oxygen atoms in total. The Morgan fingerprint density at radius 3 is 2.85 bits per heavy atom. The van der Waals surface area contributed by atoms with E-state index in [1.54, 1.807) is 6.07 Å². The van der Waals surface area contributed by atoms with Gasteiger partial charge in [0, 0.05) is 29.6 Å². The van der Waals surface area contributed by atoms with Gasteiger partial charge in [0.25, 0.3) is 0 Å². The normalized spacial score (nSPS) is 16.0. The van der Waals surface area contributed by atoms with Crippen LogP contribution in [0.15, 0.2) is 51.7 Å². The number of hydrogen-bond donors (Lipinski definition) is 1. The first-order valence-corrected chi connectivity index (χ1v) is 8.80. The summed E-state index contributed by atoms with van der Waals surface area (Å²) >= 11 is 6.23. The second-order valence-corrected chi connectivity index (χ2v) is 6.72. The van der Waals surface area contributed by atoms with Crippen molar-refractivity contribution in [2.45, 2.75) is 19.6 Å². The Kier molecular flexibility index (Phi) is 4.57. The predicted molar refractivity (Wildman–Crippen MR) is 100 cm³/mol. The van der Waals surface area contributed by atoms with Crippen LogP contribution in [0.4, 0.5) is 0 Å². The summed E-state index contributed by atoms with van der Waals surface area (Å²) in [5.74, 6) is 1.51. The van der Waals surface area contributed by atoms with Crippen LogP contribution in [0.3, 0.4) is 0 Å². The highest BCUT2D eigenvalue weighted by atomic mass is 35.5. The van der Waals surface area contributed by atoms with Crippen LogP contribution in [0.2, 0.25) is 5.02 Å². The van der Waals surface area contributed by atoms with Crippen molar-refractivity contribution in [1.29, 1.82) is 0 Å². The maximum Gasteiger partial charge on any atom is 0.336 e. The van der Waals surface area contributed by atoms with Crippen molar-refractivity contribution >= 4 is 22.6 Å². The predicted octanol–water partition coefficient (Wildman–Crippen LogP) is 3.68. The molecule has 4 rings (SSSR count). The molecule has 0 aliphatic carbocycles. The highest BCUT2D eigenvalue weighted by molar-refractivity contribution is 6.32. The van der Waals surface area contributed by atoms with Gasteiger partial charge in [-0.1, -0.05) is 23.7 Å². The first-order chi connectivity index (χ1) is 12.6. The lowest BCUT2D eigenvalue weighted by Crippen LogP contribution is -2.38. The Hall–Kier alpha value is -2.50. The minimum Gasteiger partial charge on any atom is -0.486 e. The molecule has 0 amide bonds. The zero-order valence-corrected chi connectivity index (χ0v) is 15.0. The molecule has 1 aromatic heterocycles. The Labute approximate surface area is 155 Å². The first kappa shape index (κ1) is 16.9. The lowest BCUT2D eigenvalue weighted by Gasteiger charge is -2.26. The van der Waals surface area contributed by atoms with Crippen molar-refractivity contribution in [3.8, 4) is 11.5 Å². The van der Waals surface area contributed by atoms with Crippen molar-refractivity contribution in [2.75, 3.05) is 13.2 Å². The molecule has 0 fully saturated rings. The molecule has 0 radical (unpaired) electrons. The summed E-state index contributed by atoms with van der Waals surface area (Å²) in [6.45, 7) is 3.45. The van der Waals surface area contributed by atoms with Crippen LogP contribution in [0.5, 0.6) is 11.5 Å².